The number of aromatic nitrogens is 1. The number of thiazole rings is 1. The van der Waals surface area contributed by atoms with Gasteiger partial charge in [0.1, 0.15) is 17.5 Å². The summed E-state index contributed by atoms with van der Waals surface area (Å²) in [6, 6.07) is 10.8. The molecule has 14 heteroatoms. The second-order valence-corrected chi connectivity index (χ2v) is 10.9. The number of carbonyl (C=O) groups excluding carboxylic acids is 3. The highest BCUT2D eigenvalue weighted by Gasteiger charge is 2.56. The van der Waals surface area contributed by atoms with E-state index in [1.54, 1.807) is 18.2 Å². The monoisotopic (exact) mass is 571 g/mol. The fourth-order valence-electron chi connectivity index (χ4n) is 4.61. The van der Waals surface area contributed by atoms with Gasteiger partial charge < -0.3 is 30.0 Å². The molecule has 3 amide bonds. The number of phenols is 1. The molecule has 0 saturated carbocycles. The van der Waals surface area contributed by atoms with E-state index in [2.05, 4.69) is 10.3 Å². The molecule has 2 aromatic carbocycles. The smallest absolute Gasteiger partial charge is 0.323 e. The largest absolute Gasteiger partial charge is 0.508 e. The Morgan fingerprint density at radius 1 is 1.08 bits per heavy atom. The lowest BCUT2D eigenvalue weighted by atomic mass is 9.83. The van der Waals surface area contributed by atoms with E-state index in [0.29, 0.717) is 21.2 Å². The Morgan fingerprint density at radius 2 is 1.82 bits per heavy atom. The molecule has 4 N–H and O–H groups in total. The van der Waals surface area contributed by atoms with Crippen molar-refractivity contribution in [1.82, 2.24) is 9.88 Å². The number of carbonyl (C=O) groups is 4. The fourth-order valence-corrected chi connectivity index (χ4v) is 7.14. The quantitative estimate of drug-likeness (QED) is 0.231. The van der Waals surface area contributed by atoms with Crippen molar-refractivity contribution in [2.45, 2.75) is 16.2 Å². The summed E-state index contributed by atoms with van der Waals surface area (Å²) in [6.45, 7) is -1.09. The van der Waals surface area contributed by atoms with Crippen molar-refractivity contribution < 1.29 is 38.9 Å². The number of aromatic amines is 1. The maximum atomic E-state index is 13.3. The zero-order chi connectivity index (χ0) is 27.8. The normalized spacial score (nSPS) is 19.8. The van der Waals surface area contributed by atoms with Crippen LogP contribution in [-0.4, -0.2) is 69.3 Å². The lowest BCUT2D eigenvalue weighted by Gasteiger charge is -2.30. The number of anilines is 1. The molecule has 39 heavy (non-hydrogen) atoms. The highest BCUT2D eigenvalue weighted by Crippen LogP contribution is 2.53. The number of rotatable bonds is 8. The van der Waals surface area contributed by atoms with Gasteiger partial charge in [0.2, 0.25) is 11.8 Å². The summed E-state index contributed by atoms with van der Waals surface area (Å²) in [5.74, 6) is -4.08. The number of thioether (sulfide) groups is 1. The first-order valence-corrected chi connectivity index (χ1v) is 13.2. The number of carboxylic acid groups (broad SMARTS) is 1. The van der Waals surface area contributed by atoms with Crippen LogP contribution in [0, 0.1) is 5.92 Å². The van der Waals surface area contributed by atoms with Gasteiger partial charge >= 0.3 is 10.8 Å². The molecule has 0 radical (unpaired) electrons. The first kappa shape index (κ1) is 26.3. The van der Waals surface area contributed by atoms with Gasteiger partial charge in [-0.2, -0.15) is 0 Å². The predicted octanol–water partition coefficient (Wildman–Crippen LogP) is 1.84. The summed E-state index contributed by atoms with van der Waals surface area (Å²) in [5.41, 5.74) is 1.03. The molecule has 2 aliphatic heterocycles. The number of nitrogens with zero attached hydrogens (tertiary/aromatic N) is 1. The van der Waals surface area contributed by atoms with Crippen LogP contribution in [0.1, 0.15) is 16.4 Å². The van der Waals surface area contributed by atoms with Crippen LogP contribution >= 0.6 is 23.1 Å². The molecule has 2 aliphatic rings. The Hall–Kier alpha value is -4.30. The number of hydrogen-bond acceptors (Lipinski definition) is 10. The number of carboxylic acids is 1. The maximum absolute atomic E-state index is 13.3. The fraction of sp³-hybridized carbons (Fsp3) is 0.240. The van der Waals surface area contributed by atoms with E-state index in [-0.39, 0.29) is 28.7 Å². The summed E-state index contributed by atoms with van der Waals surface area (Å²) in [7, 11) is 1.40. The summed E-state index contributed by atoms with van der Waals surface area (Å²) in [5, 5.41) is 20.8. The van der Waals surface area contributed by atoms with Crippen LogP contribution in [0.15, 0.2) is 52.3 Å². The van der Waals surface area contributed by atoms with Gasteiger partial charge in [-0.1, -0.05) is 29.2 Å². The molecule has 1 aromatic heterocycles. The molecule has 12 nitrogen and oxygen atoms in total. The van der Waals surface area contributed by atoms with Crippen LogP contribution in [0.3, 0.4) is 0 Å². The average Bonchev–Trinajstić information content (AvgIpc) is 3.39. The van der Waals surface area contributed by atoms with Crippen molar-refractivity contribution in [3.8, 4) is 17.2 Å². The SMILES string of the molecule is COc1cc([C@H]2c3sc(=O)[nH]c3SC3C(=O)N(CC(=O)O)C(=O)C32)ccc1OCC(=O)Nc1ccc(O)cc1. The van der Waals surface area contributed by atoms with Crippen LogP contribution in [0.5, 0.6) is 17.2 Å². The number of benzene rings is 2. The standard InChI is InChI=1S/C25H21N3O9S2/c1-36-15-8-11(2-7-14(15)37-10-16(30)26-12-3-5-13(29)6-4-12)18-19-21(38-22-20(18)39-25(35)27-22)24(34)28(23(19)33)9-17(31)32/h2-8,18-19,21,29H,9-10H2,1H3,(H,26,30)(H,27,35)(H,31,32)/t18-,19?,21?/m1/s1. The third-order valence-corrected chi connectivity index (χ3v) is 8.67. The summed E-state index contributed by atoms with van der Waals surface area (Å²) in [6.07, 6.45) is 0. The second-order valence-electron chi connectivity index (χ2n) is 8.70. The Labute approximate surface area is 228 Å². The summed E-state index contributed by atoms with van der Waals surface area (Å²) >= 11 is 1.97. The number of likely N-dealkylation sites (tertiary alicyclic amines) is 1. The van der Waals surface area contributed by atoms with Gasteiger partial charge in [0.05, 0.1) is 18.1 Å². The zero-order valence-electron chi connectivity index (χ0n) is 20.2. The van der Waals surface area contributed by atoms with Crippen molar-refractivity contribution in [2.24, 2.45) is 5.92 Å². The molecule has 3 aromatic rings. The van der Waals surface area contributed by atoms with Crippen molar-refractivity contribution in [3.05, 3.63) is 62.6 Å². The Balaban J connectivity index is 1.42. The molecule has 0 spiro atoms. The number of fused-ring (bicyclic) bond motifs is 2. The minimum Gasteiger partial charge on any atom is -0.508 e. The Morgan fingerprint density at radius 3 is 2.51 bits per heavy atom. The second kappa shape index (κ2) is 10.5. The number of amides is 3. The first-order valence-electron chi connectivity index (χ1n) is 11.5. The van der Waals surface area contributed by atoms with E-state index in [9.17, 15) is 34.2 Å². The molecule has 1 saturated heterocycles. The molecule has 0 aliphatic carbocycles. The highest BCUT2D eigenvalue weighted by atomic mass is 32.2. The number of hydrogen-bond donors (Lipinski definition) is 4. The van der Waals surface area contributed by atoms with Gasteiger partial charge in [-0.25, -0.2) is 0 Å². The van der Waals surface area contributed by atoms with Gasteiger partial charge in [-0.05, 0) is 42.0 Å². The van der Waals surface area contributed by atoms with E-state index in [0.717, 1.165) is 28.0 Å². The molecule has 3 atom stereocenters. The van der Waals surface area contributed by atoms with Crippen LogP contribution < -0.4 is 19.7 Å². The number of H-pyrrole nitrogens is 1. The molecular weight excluding hydrogens is 550 g/mol. The molecule has 1 fully saturated rings. The van der Waals surface area contributed by atoms with E-state index in [4.69, 9.17) is 9.47 Å². The van der Waals surface area contributed by atoms with E-state index in [1.807, 2.05) is 0 Å². The molecule has 202 valence electrons. The minimum atomic E-state index is -1.31. The third kappa shape index (κ3) is 5.07. The maximum Gasteiger partial charge on any atom is 0.323 e. The highest BCUT2D eigenvalue weighted by molar-refractivity contribution is 8.00. The predicted molar refractivity (Wildman–Crippen MR) is 139 cm³/mol. The molecule has 3 heterocycles. The lowest BCUT2D eigenvalue weighted by molar-refractivity contribution is -0.149. The number of nitrogens with one attached hydrogen (secondary N) is 2. The number of aromatic hydroxyl groups is 1. The van der Waals surface area contributed by atoms with E-state index < -0.39 is 47.3 Å². The number of imide groups is 1. The van der Waals surface area contributed by atoms with Gasteiger partial charge in [-0.15, -0.1) is 0 Å². The van der Waals surface area contributed by atoms with E-state index >= 15 is 0 Å². The van der Waals surface area contributed by atoms with E-state index in [1.165, 1.54) is 31.4 Å². The van der Waals surface area contributed by atoms with Gasteiger partial charge in [0.25, 0.3) is 5.91 Å². The molecular formula is C25H21N3O9S2. The van der Waals surface area contributed by atoms with Crippen molar-refractivity contribution in [1.29, 1.82) is 0 Å². The van der Waals surface area contributed by atoms with Gasteiger partial charge in [0.15, 0.2) is 18.1 Å². The number of ether oxygens (including phenoxy) is 2. The number of methoxy groups -OCH3 is 1. The lowest BCUT2D eigenvalue weighted by Crippen LogP contribution is -2.36. The van der Waals surface area contributed by atoms with Crippen molar-refractivity contribution in [3.63, 3.8) is 0 Å². The number of aliphatic carboxylic acids is 1. The van der Waals surface area contributed by atoms with Gasteiger partial charge in [0, 0.05) is 16.5 Å². The number of phenolic OH excluding ortho intramolecular Hbond substituents is 1. The summed E-state index contributed by atoms with van der Waals surface area (Å²) in [4.78, 5) is 65.8. The average molecular weight is 572 g/mol. The van der Waals surface area contributed by atoms with Crippen LogP contribution in [0.2, 0.25) is 0 Å². The summed E-state index contributed by atoms with van der Waals surface area (Å²) < 4.78 is 11.1. The molecule has 5 rings (SSSR count). The van der Waals surface area contributed by atoms with Gasteiger partial charge in [-0.3, -0.25) is 28.9 Å². The van der Waals surface area contributed by atoms with Crippen molar-refractivity contribution >= 4 is 52.5 Å². The third-order valence-electron chi connectivity index (χ3n) is 6.27. The van der Waals surface area contributed by atoms with Crippen molar-refractivity contribution in [2.75, 3.05) is 25.6 Å². The van der Waals surface area contributed by atoms with Crippen LogP contribution in [0.25, 0.3) is 0 Å². The van der Waals surface area contributed by atoms with Crippen LogP contribution in [-0.2, 0) is 19.2 Å². The molecule has 2 unspecified atom stereocenters. The first-order chi connectivity index (χ1) is 18.7. The Bertz CT molecular complexity index is 1530. The minimum absolute atomic E-state index is 0.0641. The molecule has 0 bridgehead atoms. The zero-order valence-corrected chi connectivity index (χ0v) is 21.8. The Kier molecular flexibility index (Phi) is 7.06. The van der Waals surface area contributed by atoms with Crippen LogP contribution in [0.4, 0.5) is 5.69 Å². The topological polar surface area (TPSA) is 175 Å².